The van der Waals surface area contributed by atoms with Crippen molar-refractivity contribution in [1.29, 1.82) is 0 Å². The molecule has 1 aromatic rings. The first-order valence-electron chi connectivity index (χ1n) is 8.68. The third-order valence-corrected chi connectivity index (χ3v) is 9.21. The van der Waals surface area contributed by atoms with E-state index in [1.54, 1.807) is 12.1 Å². The van der Waals surface area contributed by atoms with Crippen molar-refractivity contribution in [3.8, 4) is 0 Å². The largest absolute Gasteiger partial charge is 0.458 e. The van der Waals surface area contributed by atoms with Crippen molar-refractivity contribution < 1.29 is 14.0 Å². The van der Waals surface area contributed by atoms with Crippen molar-refractivity contribution in [3.63, 3.8) is 0 Å². The highest BCUT2D eigenvalue weighted by Crippen LogP contribution is 2.36. The summed E-state index contributed by atoms with van der Waals surface area (Å²) < 4.78 is 11.5. The minimum absolute atomic E-state index is 0.193. The molecule has 0 aliphatic rings. The number of hydrogen-bond acceptors (Lipinski definition) is 4. The average molecular weight is 364 g/mol. The van der Waals surface area contributed by atoms with E-state index >= 15 is 0 Å². The second kappa shape index (κ2) is 8.67. The summed E-state index contributed by atoms with van der Waals surface area (Å²) in [5.41, 5.74) is 2.70. The van der Waals surface area contributed by atoms with Crippen molar-refractivity contribution in [3.05, 3.63) is 41.5 Å². The summed E-state index contributed by atoms with van der Waals surface area (Å²) in [5, 5.41) is 0.193. The molecule has 0 aliphatic heterocycles. The van der Waals surface area contributed by atoms with E-state index in [0.717, 1.165) is 11.3 Å². The van der Waals surface area contributed by atoms with Gasteiger partial charge < -0.3 is 14.1 Å². The molecule has 1 aromatic carbocycles. The molecule has 0 atom stereocenters. The van der Waals surface area contributed by atoms with Gasteiger partial charge in [-0.3, -0.25) is 0 Å². The minimum Gasteiger partial charge on any atom is -0.458 e. The molecule has 0 N–H and O–H groups in total. The lowest BCUT2D eigenvalue weighted by atomic mass is 10.2. The molecule has 0 aromatic heterocycles. The highest BCUT2D eigenvalue weighted by molar-refractivity contribution is 6.74. The maximum absolute atomic E-state index is 12.1. The molecule has 0 amide bonds. The van der Waals surface area contributed by atoms with Crippen LogP contribution in [0, 0.1) is 0 Å². The quantitative estimate of drug-likeness (QED) is 0.393. The molecule has 0 spiro atoms. The van der Waals surface area contributed by atoms with Crippen molar-refractivity contribution in [2.45, 2.75) is 45.8 Å². The molecule has 0 bridgehead atoms. The Morgan fingerprint density at radius 2 is 1.72 bits per heavy atom. The smallest absolute Gasteiger partial charge is 0.338 e. The number of ether oxygens (including phenoxy) is 1. The van der Waals surface area contributed by atoms with Gasteiger partial charge in [0.15, 0.2) is 8.32 Å². The van der Waals surface area contributed by atoms with Crippen molar-refractivity contribution in [2.75, 3.05) is 32.2 Å². The van der Waals surface area contributed by atoms with Gasteiger partial charge in [0, 0.05) is 19.8 Å². The molecule has 140 valence electrons. The number of benzene rings is 1. The highest BCUT2D eigenvalue weighted by Gasteiger charge is 2.36. The molecule has 25 heavy (non-hydrogen) atoms. The van der Waals surface area contributed by atoms with Crippen LogP contribution in [-0.4, -0.2) is 41.6 Å². The summed E-state index contributed by atoms with van der Waals surface area (Å²) in [7, 11) is 2.18. The average Bonchev–Trinajstić information content (AvgIpc) is 2.52. The molecule has 0 aliphatic carbocycles. The molecule has 0 saturated carbocycles. The third kappa shape index (κ3) is 6.67. The SMILES string of the molecule is C/C(=C\COC(=O)c1ccc(N(C)C)cc1)CO[Si](C)(C)C(C)(C)C. The molecular weight excluding hydrogens is 330 g/mol. The van der Waals surface area contributed by atoms with E-state index in [1.165, 1.54) is 0 Å². The van der Waals surface area contributed by atoms with E-state index in [0.29, 0.717) is 12.2 Å². The second-order valence-corrected chi connectivity index (χ2v) is 12.9. The lowest BCUT2D eigenvalue weighted by Crippen LogP contribution is -2.41. The van der Waals surface area contributed by atoms with Gasteiger partial charge in [0.05, 0.1) is 12.2 Å². The predicted octanol–water partition coefficient (Wildman–Crippen LogP) is 4.88. The van der Waals surface area contributed by atoms with Crippen LogP contribution >= 0.6 is 0 Å². The minimum atomic E-state index is -1.75. The van der Waals surface area contributed by atoms with Crippen molar-refractivity contribution in [1.82, 2.24) is 0 Å². The Morgan fingerprint density at radius 1 is 1.16 bits per heavy atom. The number of nitrogens with zero attached hydrogens (tertiary/aromatic N) is 1. The van der Waals surface area contributed by atoms with Crippen LogP contribution in [-0.2, 0) is 9.16 Å². The molecule has 0 fully saturated rings. The van der Waals surface area contributed by atoms with Gasteiger partial charge in [0.2, 0.25) is 0 Å². The van der Waals surface area contributed by atoms with Crippen LogP contribution in [0.2, 0.25) is 18.1 Å². The van der Waals surface area contributed by atoms with Crippen LogP contribution in [0.25, 0.3) is 0 Å². The Kier molecular flexibility index (Phi) is 7.44. The molecule has 0 radical (unpaired) electrons. The maximum Gasteiger partial charge on any atom is 0.338 e. The van der Waals surface area contributed by atoms with Crippen molar-refractivity contribution in [2.24, 2.45) is 0 Å². The molecule has 0 unspecified atom stereocenters. The first-order chi connectivity index (χ1) is 11.4. The summed E-state index contributed by atoms with van der Waals surface area (Å²) in [4.78, 5) is 14.1. The van der Waals surface area contributed by atoms with E-state index in [1.807, 2.05) is 44.1 Å². The lowest BCUT2D eigenvalue weighted by molar-refractivity contribution is 0.0548. The van der Waals surface area contributed by atoms with E-state index < -0.39 is 8.32 Å². The second-order valence-electron chi connectivity index (χ2n) is 8.14. The maximum atomic E-state index is 12.1. The van der Waals surface area contributed by atoms with Crippen LogP contribution in [0.4, 0.5) is 5.69 Å². The zero-order valence-corrected chi connectivity index (χ0v) is 18.0. The summed E-state index contributed by atoms with van der Waals surface area (Å²) >= 11 is 0. The van der Waals surface area contributed by atoms with Gasteiger partial charge in [0.25, 0.3) is 0 Å². The van der Waals surface area contributed by atoms with Crippen LogP contribution in [0.3, 0.4) is 0 Å². The topological polar surface area (TPSA) is 38.8 Å². The normalized spacial score (nSPS) is 12.9. The van der Waals surface area contributed by atoms with Gasteiger partial charge in [-0.15, -0.1) is 0 Å². The van der Waals surface area contributed by atoms with E-state index in [9.17, 15) is 4.79 Å². The molecular formula is C20H33NO3Si. The number of anilines is 1. The fourth-order valence-corrected chi connectivity index (χ4v) is 2.83. The Labute approximate surface area is 154 Å². The molecule has 5 heteroatoms. The third-order valence-electron chi connectivity index (χ3n) is 4.73. The zero-order chi connectivity index (χ0) is 19.3. The first-order valence-corrected chi connectivity index (χ1v) is 11.6. The van der Waals surface area contributed by atoms with Gasteiger partial charge >= 0.3 is 5.97 Å². The van der Waals surface area contributed by atoms with Gasteiger partial charge in [-0.2, -0.15) is 0 Å². The van der Waals surface area contributed by atoms with Gasteiger partial charge in [-0.25, -0.2) is 4.79 Å². The van der Waals surface area contributed by atoms with E-state index in [4.69, 9.17) is 9.16 Å². The van der Waals surface area contributed by atoms with Gasteiger partial charge in [-0.05, 0) is 61.0 Å². The Morgan fingerprint density at radius 3 is 2.20 bits per heavy atom. The molecule has 4 nitrogen and oxygen atoms in total. The first kappa shape index (κ1) is 21.4. The highest BCUT2D eigenvalue weighted by atomic mass is 28.4. The number of hydrogen-bond donors (Lipinski definition) is 0. The predicted molar refractivity (Wildman–Crippen MR) is 108 cm³/mol. The lowest BCUT2D eigenvalue weighted by Gasteiger charge is -2.36. The molecule has 0 heterocycles. The van der Waals surface area contributed by atoms with E-state index in [-0.39, 0.29) is 17.6 Å². The van der Waals surface area contributed by atoms with Gasteiger partial charge in [-0.1, -0.05) is 20.8 Å². The Bertz CT molecular complexity index is 598. The standard InChI is InChI=1S/C20H33NO3Si/c1-16(15-24-25(7,8)20(2,3)4)13-14-23-19(22)17-9-11-18(12-10-17)21(5)6/h9-13H,14-15H2,1-8H3/b16-13+. The fourth-order valence-electron chi connectivity index (χ4n) is 1.81. The monoisotopic (exact) mass is 363 g/mol. The zero-order valence-electron chi connectivity index (χ0n) is 17.0. The van der Waals surface area contributed by atoms with E-state index in [2.05, 4.69) is 33.9 Å². The summed E-state index contributed by atoms with van der Waals surface area (Å²) in [6, 6.07) is 7.39. The van der Waals surface area contributed by atoms with Crippen LogP contribution in [0.15, 0.2) is 35.9 Å². The van der Waals surface area contributed by atoms with Crippen molar-refractivity contribution >= 4 is 20.0 Å². The van der Waals surface area contributed by atoms with Crippen LogP contribution in [0.1, 0.15) is 38.1 Å². The van der Waals surface area contributed by atoms with Gasteiger partial charge in [0.1, 0.15) is 6.61 Å². The number of esters is 1. The Balaban J connectivity index is 2.49. The summed E-state index contributed by atoms with van der Waals surface area (Å²) in [5.74, 6) is -0.306. The van der Waals surface area contributed by atoms with Crippen LogP contribution in [0.5, 0.6) is 0 Å². The molecule has 0 saturated heterocycles. The number of carbonyl (C=O) groups is 1. The fraction of sp³-hybridized carbons (Fsp3) is 0.550. The summed E-state index contributed by atoms with van der Waals surface area (Å²) in [6.45, 7) is 14.0. The number of rotatable bonds is 7. The van der Waals surface area contributed by atoms with Crippen LogP contribution < -0.4 is 4.90 Å². The Hall–Kier alpha value is -1.59. The number of carbonyl (C=O) groups excluding carboxylic acids is 1. The summed E-state index contributed by atoms with van der Waals surface area (Å²) in [6.07, 6.45) is 1.92. The molecule has 1 rings (SSSR count).